The molecule has 1 aliphatic carbocycles. The highest BCUT2D eigenvalue weighted by Gasteiger charge is 2.47. The minimum Gasteiger partial charge on any atom is -0.311 e. The predicted molar refractivity (Wildman–Crippen MR) is 310 cm³/mol. The molecule has 0 saturated carbocycles. The summed E-state index contributed by atoms with van der Waals surface area (Å²) in [4.78, 5) is 5.40. The van der Waals surface area contributed by atoms with Gasteiger partial charge in [-0.15, -0.1) is 11.3 Å². The second kappa shape index (κ2) is 15.7. The fourth-order valence-corrected chi connectivity index (χ4v) is 13.0. The first kappa shape index (κ1) is 48.6. The molecular weight excluding hydrogens is 864 g/mol. The highest BCUT2D eigenvalue weighted by molar-refractivity contribution is 7.33. The molecule has 0 amide bonds. The van der Waals surface area contributed by atoms with Gasteiger partial charge < -0.3 is 9.80 Å². The molecule has 1 aromatic heterocycles. The van der Waals surface area contributed by atoms with Crippen molar-refractivity contribution in [1.82, 2.24) is 0 Å². The summed E-state index contributed by atoms with van der Waals surface area (Å²) in [5, 5.41) is 1.34. The van der Waals surface area contributed by atoms with Crippen molar-refractivity contribution in [2.24, 2.45) is 0 Å². The van der Waals surface area contributed by atoms with Crippen molar-refractivity contribution >= 4 is 78.0 Å². The Kier molecular flexibility index (Phi) is 10.9. The van der Waals surface area contributed by atoms with Crippen molar-refractivity contribution < 1.29 is 0 Å². The molecule has 362 valence electrons. The maximum absolute atomic E-state index is 2.72. The van der Waals surface area contributed by atoms with E-state index < -0.39 is 0 Å². The Hall–Kier alpha value is -5.06. The Morgan fingerprint density at radius 2 is 0.943 bits per heavy atom. The number of benzene rings is 6. The second-order valence-electron chi connectivity index (χ2n) is 27.9. The Labute approximate surface area is 427 Å². The summed E-state index contributed by atoms with van der Waals surface area (Å²) in [6.07, 6.45) is 2.37. The standard InChI is InChI=1S/C66H79BN2S/c1-60(2,3)41-22-20-40(21-23-41)48-34-42(61(4,5)6)25-30-52(48)69-53-31-26-43(62(7,8)9)35-51(53)67-57-54(36-45(37-55(57)69)64(13,14)15)68(46-27-29-49-50(39-46)66(18,19)33-32-65(49,16)17)58-47-28-24-44(63(10,11)12)38-56(47)70-59(58)67/h20-31,34-39H,32-33H2,1-19H3. The van der Waals surface area contributed by atoms with Gasteiger partial charge in [-0.25, -0.2) is 0 Å². The Morgan fingerprint density at radius 3 is 1.53 bits per heavy atom. The van der Waals surface area contributed by atoms with Gasteiger partial charge in [-0.1, -0.05) is 192 Å². The molecule has 2 nitrogen and oxygen atoms in total. The van der Waals surface area contributed by atoms with E-state index in [2.05, 4.69) is 251 Å². The zero-order valence-electron chi connectivity index (χ0n) is 46.2. The number of nitrogens with zero attached hydrogens (tertiary/aromatic N) is 2. The van der Waals surface area contributed by atoms with E-state index in [4.69, 9.17) is 0 Å². The minimum atomic E-state index is -0.128. The van der Waals surface area contributed by atoms with Crippen LogP contribution < -0.4 is 25.5 Å². The van der Waals surface area contributed by atoms with Crippen LogP contribution in [0, 0.1) is 0 Å². The molecule has 0 unspecified atom stereocenters. The third-order valence-electron chi connectivity index (χ3n) is 16.5. The number of fused-ring (bicyclic) bond motifs is 7. The van der Waals surface area contributed by atoms with Gasteiger partial charge in [-0.2, -0.15) is 0 Å². The molecule has 10 rings (SSSR count). The Morgan fingerprint density at radius 1 is 0.443 bits per heavy atom. The lowest BCUT2D eigenvalue weighted by Gasteiger charge is -2.46. The lowest BCUT2D eigenvalue weighted by molar-refractivity contribution is 0.332. The predicted octanol–water partition coefficient (Wildman–Crippen LogP) is 17.5. The van der Waals surface area contributed by atoms with E-state index in [1.165, 1.54) is 123 Å². The molecule has 7 aromatic rings. The van der Waals surface area contributed by atoms with Gasteiger partial charge in [0.25, 0.3) is 6.71 Å². The van der Waals surface area contributed by atoms with E-state index in [1.54, 1.807) is 0 Å². The Bertz CT molecular complexity index is 3230. The third kappa shape index (κ3) is 7.98. The maximum Gasteiger partial charge on any atom is 0.264 e. The van der Waals surface area contributed by atoms with Crippen molar-refractivity contribution in [1.29, 1.82) is 0 Å². The lowest BCUT2D eigenvalue weighted by atomic mass is 9.36. The summed E-state index contributed by atoms with van der Waals surface area (Å²) < 4.78 is 2.80. The highest BCUT2D eigenvalue weighted by Crippen LogP contribution is 2.54. The highest BCUT2D eigenvalue weighted by atomic mass is 32.1. The molecule has 70 heavy (non-hydrogen) atoms. The molecule has 0 N–H and O–H groups in total. The van der Waals surface area contributed by atoms with Crippen LogP contribution in [0.1, 0.15) is 183 Å². The van der Waals surface area contributed by atoms with Crippen LogP contribution in [0.25, 0.3) is 21.2 Å². The van der Waals surface area contributed by atoms with Crippen LogP contribution in [0.2, 0.25) is 0 Å². The van der Waals surface area contributed by atoms with Crippen molar-refractivity contribution in [2.45, 2.75) is 182 Å². The quantitative estimate of drug-likeness (QED) is 0.163. The van der Waals surface area contributed by atoms with Gasteiger partial charge in [0.15, 0.2) is 0 Å². The molecular formula is C66H79BN2S. The molecule has 0 atom stereocenters. The van der Waals surface area contributed by atoms with E-state index in [-0.39, 0.29) is 44.6 Å². The van der Waals surface area contributed by atoms with Crippen LogP contribution in [-0.4, -0.2) is 6.71 Å². The molecule has 6 aromatic carbocycles. The van der Waals surface area contributed by atoms with Gasteiger partial charge in [0.2, 0.25) is 0 Å². The molecule has 0 bridgehead atoms. The molecule has 4 heteroatoms. The first-order chi connectivity index (χ1) is 32.3. The molecule has 2 aliphatic heterocycles. The van der Waals surface area contributed by atoms with Gasteiger partial charge in [0.1, 0.15) is 0 Å². The second-order valence-corrected chi connectivity index (χ2v) is 29.0. The van der Waals surface area contributed by atoms with E-state index in [0.29, 0.717) is 0 Å². The fourth-order valence-electron chi connectivity index (χ4n) is 11.7. The van der Waals surface area contributed by atoms with Crippen molar-refractivity contribution in [3.8, 4) is 11.1 Å². The van der Waals surface area contributed by atoms with Crippen LogP contribution in [0.5, 0.6) is 0 Å². The number of anilines is 6. The van der Waals surface area contributed by atoms with E-state index in [1.807, 2.05) is 11.3 Å². The molecule has 3 heterocycles. The van der Waals surface area contributed by atoms with Crippen LogP contribution in [0.4, 0.5) is 34.1 Å². The number of thiophene rings is 1. The number of hydrogen-bond acceptors (Lipinski definition) is 3. The lowest BCUT2D eigenvalue weighted by Crippen LogP contribution is -2.60. The number of rotatable bonds is 3. The van der Waals surface area contributed by atoms with Crippen LogP contribution in [0.3, 0.4) is 0 Å². The molecule has 3 aliphatic rings. The Balaban J connectivity index is 1.35. The van der Waals surface area contributed by atoms with E-state index in [0.717, 1.165) is 0 Å². The van der Waals surface area contributed by atoms with Gasteiger partial charge in [-0.05, 0) is 155 Å². The molecule has 0 spiro atoms. The van der Waals surface area contributed by atoms with Crippen LogP contribution in [0.15, 0.2) is 109 Å². The summed E-state index contributed by atoms with van der Waals surface area (Å²) in [5.74, 6) is 0. The SMILES string of the molecule is CC(C)(C)c1ccc(-c2cc(C(C)(C)C)ccc2N2c3ccc(C(C)(C)C)cc3B3c4sc5cc(C(C)(C)C)ccc5c4N(c4ccc5c(c4)C(C)(C)CCC5(C)C)c4cc(C(C)(C)C)cc2c43)cc1. The summed E-state index contributed by atoms with van der Waals surface area (Å²) in [7, 11) is 0. The van der Waals surface area contributed by atoms with Gasteiger partial charge in [0, 0.05) is 43.2 Å². The third-order valence-corrected chi connectivity index (χ3v) is 17.7. The number of hydrogen-bond donors (Lipinski definition) is 0. The van der Waals surface area contributed by atoms with Crippen molar-refractivity contribution in [3.05, 3.63) is 148 Å². The monoisotopic (exact) mass is 943 g/mol. The van der Waals surface area contributed by atoms with E-state index in [9.17, 15) is 0 Å². The molecule has 0 radical (unpaired) electrons. The summed E-state index contributed by atoms with van der Waals surface area (Å²) >= 11 is 2.03. The molecule has 0 fully saturated rings. The topological polar surface area (TPSA) is 6.48 Å². The molecule has 0 saturated heterocycles. The van der Waals surface area contributed by atoms with Crippen LogP contribution in [-0.2, 0) is 37.9 Å². The first-order valence-corrected chi connectivity index (χ1v) is 27.1. The average molecular weight is 943 g/mol. The van der Waals surface area contributed by atoms with Gasteiger partial charge in [-0.3, -0.25) is 0 Å². The van der Waals surface area contributed by atoms with Gasteiger partial charge in [0.05, 0.1) is 11.4 Å². The van der Waals surface area contributed by atoms with Crippen molar-refractivity contribution in [3.63, 3.8) is 0 Å². The zero-order chi connectivity index (χ0) is 50.6. The summed E-state index contributed by atoms with van der Waals surface area (Å²) in [6.45, 7) is 45.2. The normalized spacial score (nSPS) is 16.5. The summed E-state index contributed by atoms with van der Waals surface area (Å²) in [5.41, 5.74) is 22.8. The zero-order valence-corrected chi connectivity index (χ0v) is 47.0. The fraction of sp³-hybridized carbons (Fsp3) is 0.424. The van der Waals surface area contributed by atoms with E-state index >= 15 is 0 Å². The van der Waals surface area contributed by atoms with Gasteiger partial charge >= 0.3 is 0 Å². The largest absolute Gasteiger partial charge is 0.311 e. The smallest absolute Gasteiger partial charge is 0.264 e. The minimum absolute atomic E-state index is 0.0276. The first-order valence-electron chi connectivity index (χ1n) is 26.3. The van der Waals surface area contributed by atoms with Crippen LogP contribution >= 0.6 is 11.3 Å². The maximum atomic E-state index is 2.72. The average Bonchev–Trinajstić information content (AvgIpc) is 3.64. The van der Waals surface area contributed by atoms with Crippen molar-refractivity contribution in [2.75, 3.05) is 9.80 Å². The summed E-state index contributed by atoms with van der Waals surface area (Å²) in [6, 6.07) is 44.4.